The topological polar surface area (TPSA) is 73.1 Å². The summed E-state index contributed by atoms with van der Waals surface area (Å²) in [6.45, 7) is 5.88. The summed E-state index contributed by atoms with van der Waals surface area (Å²) in [6.07, 6.45) is 3.63. The van der Waals surface area contributed by atoms with Crippen LogP contribution in [0.15, 0.2) is 60.0 Å². The number of hydrogen-bond donors (Lipinski definition) is 0. The Kier molecular flexibility index (Phi) is 6.44. The molecule has 0 spiro atoms. The SMILES string of the molecule is CC1CN(C(=O)CSc2nnc(-c3cccnc3)n2Cc2ccccc2)CC(C)O1. The van der Waals surface area contributed by atoms with Crippen molar-refractivity contribution in [2.45, 2.75) is 37.8 Å². The average Bonchev–Trinajstić information content (AvgIpc) is 3.15. The van der Waals surface area contributed by atoms with Gasteiger partial charge < -0.3 is 9.64 Å². The van der Waals surface area contributed by atoms with Gasteiger partial charge >= 0.3 is 0 Å². The van der Waals surface area contributed by atoms with Gasteiger partial charge in [0.1, 0.15) is 0 Å². The number of ether oxygens (including phenoxy) is 1. The minimum atomic E-state index is 0.0571. The summed E-state index contributed by atoms with van der Waals surface area (Å²) >= 11 is 1.42. The Hall–Kier alpha value is -2.71. The fourth-order valence-corrected chi connectivity index (χ4v) is 4.45. The van der Waals surface area contributed by atoms with Gasteiger partial charge in [0.25, 0.3) is 0 Å². The van der Waals surface area contributed by atoms with Crippen LogP contribution in [0, 0.1) is 0 Å². The minimum absolute atomic E-state index is 0.0571. The van der Waals surface area contributed by atoms with Crippen molar-refractivity contribution in [2.24, 2.45) is 0 Å². The largest absolute Gasteiger partial charge is 0.372 e. The highest BCUT2D eigenvalue weighted by Gasteiger charge is 2.26. The van der Waals surface area contributed by atoms with E-state index in [4.69, 9.17) is 4.74 Å². The number of thioether (sulfide) groups is 1. The summed E-state index contributed by atoms with van der Waals surface area (Å²) in [4.78, 5) is 18.9. The van der Waals surface area contributed by atoms with Crippen LogP contribution in [0.4, 0.5) is 0 Å². The van der Waals surface area contributed by atoms with Crippen LogP contribution in [0.3, 0.4) is 0 Å². The Morgan fingerprint density at radius 2 is 1.87 bits per heavy atom. The zero-order valence-electron chi connectivity index (χ0n) is 17.1. The molecule has 0 saturated carbocycles. The lowest BCUT2D eigenvalue weighted by atomic mass is 10.2. The molecular formula is C22H25N5O2S. The summed E-state index contributed by atoms with van der Waals surface area (Å²) < 4.78 is 7.78. The van der Waals surface area contributed by atoms with E-state index in [1.165, 1.54) is 11.8 Å². The number of amides is 1. The first kappa shape index (κ1) is 20.6. The van der Waals surface area contributed by atoms with E-state index in [1.54, 1.807) is 12.4 Å². The van der Waals surface area contributed by atoms with E-state index < -0.39 is 0 Å². The number of carbonyl (C=O) groups excluding carboxylic acids is 1. The van der Waals surface area contributed by atoms with Crippen molar-refractivity contribution in [1.82, 2.24) is 24.6 Å². The van der Waals surface area contributed by atoms with E-state index in [0.29, 0.717) is 25.4 Å². The standard InChI is InChI=1S/C22H25N5O2S/c1-16-12-26(13-17(2)29-16)20(28)15-30-22-25-24-21(19-9-6-10-23-11-19)27(22)14-18-7-4-3-5-8-18/h3-11,16-17H,12-15H2,1-2H3. The lowest BCUT2D eigenvalue weighted by Gasteiger charge is -2.35. The van der Waals surface area contributed by atoms with Gasteiger partial charge in [-0.05, 0) is 31.5 Å². The molecule has 1 fully saturated rings. The minimum Gasteiger partial charge on any atom is -0.372 e. The summed E-state index contributed by atoms with van der Waals surface area (Å²) in [7, 11) is 0. The van der Waals surface area contributed by atoms with E-state index >= 15 is 0 Å². The van der Waals surface area contributed by atoms with Gasteiger partial charge in [-0.1, -0.05) is 42.1 Å². The van der Waals surface area contributed by atoms with Crippen molar-refractivity contribution in [3.63, 3.8) is 0 Å². The lowest BCUT2D eigenvalue weighted by Crippen LogP contribution is -2.48. The Balaban J connectivity index is 1.54. The van der Waals surface area contributed by atoms with Gasteiger partial charge in [-0.15, -0.1) is 10.2 Å². The van der Waals surface area contributed by atoms with Crippen molar-refractivity contribution < 1.29 is 9.53 Å². The molecule has 1 saturated heterocycles. The molecule has 0 bridgehead atoms. The zero-order chi connectivity index (χ0) is 20.9. The Morgan fingerprint density at radius 3 is 2.57 bits per heavy atom. The maximum Gasteiger partial charge on any atom is 0.233 e. The van der Waals surface area contributed by atoms with Gasteiger partial charge in [0, 0.05) is 31.0 Å². The van der Waals surface area contributed by atoms with Crippen molar-refractivity contribution in [3.05, 3.63) is 60.4 Å². The van der Waals surface area contributed by atoms with Crippen LogP contribution in [0.5, 0.6) is 0 Å². The lowest BCUT2D eigenvalue weighted by molar-refractivity contribution is -0.140. The quantitative estimate of drug-likeness (QED) is 0.567. The van der Waals surface area contributed by atoms with Gasteiger partial charge in [0.2, 0.25) is 5.91 Å². The van der Waals surface area contributed by atoms with Crippen LogP contribution in [0.1, 0.15) is 19.4 Å². The molecular weight excluding hydrogens is 398 g/mol. The third kappa shape index (κ3) is 4.88. The molecule has 0 aliphatic carbocycles. The van der Waals surface area contributed by atoms with Gasteiger partial charge in [-0.2, -0.15) is 0 Å². The molecule has 0 N–H and O–H groups in total. The smallest absolute Gasteiger partial charge is 0.233 e. The second-order valence-electron chi connectivity index (χ2n) is 7.46. The summed E-state index contributed by atoms with van der Waals surface area (Å²) in [5.74, 6) is 1.16. The third-order valence-electron chi connectivity index (χ3n) is 4.92. The maximum atomic E-state index is 12.8. The number of hydrogen-bond acceptors (Lipinski definition) is 6. The highest BCUT2D eigenvalue weighted by Crippen LogP contribution is 2.25. The van der Waals surface area contributed by atoms with Crippen LogP contribution >= 0.6 is 11.8 Å². The average molecular weight is 424 g/mol. The van der Waals surface area contributed by atoms with E-state index in [1.807, 2.05) is 49.1 Å². The predicted molar refractivity (Wildman–Crippen MR) is 116 cm³/mol. The van der Waals surface area contributed by atoms with E-state index in [-0.39, 0.29) is 18.1 Å². The van der Waals surface area contributed by atoms with Crippen LogP contribution in [0.2, 0.25) is 0 Å². The van der Waals surface area contributed by atoms with Crippen molar-refractivity contribution in [2.75, 3.05) is 18.8 Å². The molecule has 3 heterocycles. The number of nitrogens with zero attached hydrogens (tertiary/aromatic N) is 5. The fourth-order valence-electron chi connectivity index (χ4n) is 3.61. The molecule has 1 aliphatic rings. The van der Waals surface area contributed by atoms with Crippen LogP contribution < -0.4 is 0 Å². The molecule has 156 valence electrons. The monoisotopic (exact) mass is 423 g/mol. The number of morpholine rings is 1. The Morgan fingerprint density at radius 1 is 1.10 bits per heavy atom. The molecule has 30 heavy (non-hydrogen) atoms. The highest BCUT2D eigenvalue weighted by molar-refractivity contribution is 7.99. The molecule has 7 nitrogen and oxygen atoms in total. The van der Waals surface area contributed by atoms with Crippen LogP contribution in [-0.2, 0) is 16.1 Å². The molecule has 1 aromatic carbocycles. The van der Waals surface area contributed by atoms with Crippen molar-refractivity contribution >= 4 is 17.7 Å². The van der Waals surface area contributed by atoms with Gasteiger partial charge in [-0.3, -0.25) is 14.3 Å². The molecule has 0 radical (unpaired) electrons. The summed E-state index contributed by atoms with van der Waals surface area (Å²) in [5.41, 5.74) is 2.04. The number of aromatic nitrogens is 4. The third-order valence-corrected chi connectivity index (χ3v) is 5.87. The molecule has 1 amide bonds. The first-order chi connectivity index (χ1) is 14.6. The number of rotatable bonds is 6. The molecule has 2 atom stereocenters. The molecule has 8 heteroatoms. The molecule has 4 rings (SSSR count). The van der Waals surface area contributed by atoms with E-state index in [0.717, 1.165) is 22.1 Å². The second-order valence-corrected chi connectivity index (χ2v) is 8.41. The van der Waals surface area contributed by atoms with Gasteiger partial charge in [0.05, 0.1) is 24.5 Å². The number of benzene rings is 1. The summed E-state index contributed by atoms with van der Waals surface area (Å²) in [6, 6.07) is 14.0. The molecule has 3 aromatic rings. The van der Waals surface area contributed by atoms with Gasteiger partial charge in [-0.25, -0.2) is 0 Å². The maximum absolute atomic E-state index is 12.8. The summed E-state index contributed by atoms with van der Waals surface area (Å²) in [5, 5.41) is 9.52. The normalized spacial score (nSPS) is 19.1. The number of carbonyl (C=O) groups is 1. The first-order valence-electron chi connectivity index (χ1n) is 10.0. The van der Waals surface area contributed by atoms with Crippen molar-refractivity contribution in [3.8, 4) is 11.4 Å². The molecule has 2 aromatic heterocycles. The second kappa shape index (κ2) is 9.40. The highest BCUT2D eigenvalue weighted by atomic mass is 32.2. The predicted octanol–water partition coefficient (Wildman–Crippen LogP) is 3.12. The van der Waals surface area contributed by atoms with Gasteiger partial charge in [0.15, 0.2) is 11.0 Å². The van der Waals surface area contributed by atoms with E-state index in [9.17, 15) is 4.79 Å². The van der Waals surface area contributed by atoms with Crippen LogP contribution in [0.25, 0.3) is 11.4 Å². The number of pyridine rings is 1. The molecule has 1 aliphatic heterocycles. The fraction of sp³-hybridized carbons (Fsp3) is 0.364. The van der Waals surface area contributed by atoms with Crippen molar-refractivity contribution in [1.29, 1.82) is 0 Å². The zero-order valence-corrected chi connectivity index (χ0v) is 18.0. The molecule has 2 unspecified atom stereocenters. The Labute approximate surface area is 180 Å². The Bertz CT molecular complexity index is 970. The first-order valence-corrected chi connectivity index (χ1v) is 11.0. The van der Waals surface area contributed by atoms with E-state index in [2.05, 4.69) is 31.9 Å². The van der Waals surface area contributed by atoms with Crippen LogP contribution in [-0.4, -0.2) is 61.6 Å².